The Labute approximate surface area is 137 Å². The number of aliphatic imine (C=N–C) groups is 1. The average molecular weight is 375 g/mol. The fraction of sp³-hybridized carbons (Fsp3) is 0.308. The first kappa shape index (κ1) is 14.1. The summed E-state index contributed by atoms with van der Waals surface area (Å²) < 4.78 is 5.83. The summed E-state index contributed by atoms with van der Waals surface area (Å²) in [5, 5.41) is 7.26. The molecule has 0 bridgehead atoms. The minimum atomic E-state index is 0. The van der Waals surface area contributed by atoms with E-state index in [1.807, 2.05) is 12.1 Å². The minimum absolute atomic E-state index is 0. The lowest BCUT2D eigenvalue weighted by atomic mass is 10.1. The summed E-state index contributed by atoms with van der Waals surface area (Å²) in [6.07, 6.45) is 0. The number of hydrogen-bond donors (Lipinski definition) is 1. The Morgan fingerprint density at radius 3 is 3.20 bits per heavy atom. The van der Waals surface area contributed by atoms with Crippen molar-refractivity contribution >= 4 is 56.9 Å². The standard InChI is InChI=1S/C13H12ClN3OS.BrH/c14-8-5-9(12-10(6-8)15-2-4-18-12)11-7-19-13-16-1-3-17(11)13;/h5-7,15H,1-4H2;1H. The molecule has 20 heavy (non-hydrogen) atoms. The third kappa shape index (κ3) is 2.19. The Balaban J connectivity index is 0.00000121. The predicted octanol–water partition coefficient (Wildman–Crippen LogP) is 3.44. The van der Waals surface area contributed by atoms with Crippen molar-refractivity contribution in [2.24, 2.45) is 4.99 Å². The van der Waals surface area contributed by atoms with E-state index in [1.165, 1.54) is 0 Å². The molecule has 0 unspecified atom stereocenters. The number of benzene rings is 1. The molecule has 3 aliphatic rings. The molecule has 0 spiro atoms. The van der Waals surface area contributed by atoms with Crippen LogP contribution in [0.3, 0.4) is 0 Å². The summed E-state index contributed by atoms with van der Waals surface area (Å²) in [6, 6.07) is 3.89. The summed E-state index contributed by atoms with van der Waals surface area (Å²) in [7, 11) is 0. The second kappa shape index (κ2) is 5.50. The molecule has 0 saturated carbocycles. The molecule has 0 atom stereocenters. The van der Waals surface area contributed by atoms with E-state index in [1.54, 1.807) is 11.8 Å². The molecule has 0 aromatic heterocycles. The van der Waals surface area contributed by atoms with Gasteiger partial charge in [-0.2, -0.15) is 0 Å². The number of rotatable bonds is 1. The fourth-order valence-corrected chi connectivity index (χ4v) is 3.71. The van der Waals surface area contributed by atoms with Gasteiger partial charge in [-0.05, 0) is 12.1 Å². The zero-order valence-corrected chi connectivity index (χ0v) is 13.8. The number of amidine groups is 1. The number of ether oxygens (including phenoxy) is 1. The van der Waals surface area contributed by atoms with Gasteiger partial charge in [0.05, 0.1) is 17.9 Å². The lowest BCUT2D eigenvalue weighted by Gasteiger charge is -2.25. The maximum absolute atomic E-state index is 6.22. The topological polar surface area (TPSA) is 36.9 Å². The van der Waals surface area contributed by atoms with Gasteiger partial charge in [0.25, 0.3) is 0 Å². The van der Waals surface area contributed by atoms with Crippen LogP contribution in [0.4, 0.5) is 5.69 Å². The number of hydrogen-bond acceptors (Lipinski definition) is 5. The third-order valence-electron chi connectivity index (χ3n) is 3.36. The molecule has 106 valence electrons. The molecule has 1 N–H and O–H groups in total. The van der Waals surface area contributed by atoms with Crippen molar-refractivity contribution in [3.8, 4) is 5.75 Å². The highest BCUT2D eigenvalue weighted by atomic mass is 79.9. The molecular weight excluding hydrogens is 362 g/mol. The van der Waals surface area contributed by atoms with Crippen molar-refractivity contribution < 1.29 is 4.74 Å². The summed E-state index contributed by atoms with van der Waals surface area (Å²) in [4.78, 5) is 6.70. The quantitative estimate of drug-likeness (QED) is 0.817. The van der Waals surface area contributed by atoms with E-state index in [0.717, 1.165) is 52.5 Å². The highest BCUT2D eigenvalue weighted by molar-refractivity contribution is 8.93. The van der Waals surface area contributed by atoms with E-state index in [4.69, 9.17) is 16.3 Å². The fourth-order valence-electron chi connectivity index (χ4n) is 2.54. The van der Waals surface area contributed by atoms with Gasteiger partial charge >= 0.3 is 0 Å². The van der Waals surface area contributed by atoms with Crippen LogP contribution >= 0.6 is 40.3 Å². The molecule has 3 heterocycles. The molecule has 7 heteroatoms. The molecule has 0 amide bonds. The number of halogens is 2. The maximum atomic E-state index is 6.22. The maximum Gasteiger partial charge on any atom is 0.168 e. The van der Waals surface area contributed by atoms with Crippen LogP contribution in [0.15, 0.2) is 22.5 Å². The van der Waals surface area contributed by atoms with E-state index in [-0.39, 0.29) is 17.0 Å². The molecule has 4 nitrogen and oxygen atoms in total. The first-order valence-electron chi connectivity index (χ1n) is 6.22. The van der Waals surface area contributed by atoms with E-state index >= 15 is 0 Å². The number of anilines is 1. The van der Waals surface area contributed by atoms with E-state index < -0.39 is 0 Å². The zero-order valence-electron chi connectivity index (χ0n) is 10.6. The minimum Gasteiger partial charge on any atom is -0.489 e. The Morgan fingerprint density at radius 2 is 2.30 bits per heavy atom. The van der Waals surface area contributed by atoms with Gasteiger partial charge in [0.15, 0.2) is 10.9 Å². The highest BCUT2D eigenvalue weighted by Crippen LogP contribution is 2.43. The van der Waals surface area contributed by atoms with Crippen LogP contribution in [-0.4, -0.2) is 36.3 Å². The summed E-state index contributed by atoms with van der Waals surface area (Å²) >= 11 is 7.89. The Kier molecular flexibility index (Phi) is 3.88. The normalized spacial score (nSPS) is 19.1. The monoisotopic (exact) mass is 373 g/mol. The number of nitrogens with zero attached hydrogens (tertiary/aromatic N) is 2. The van der Waals surface area contributed by atoms with Gasteiger partial charge in [0, 0.05) is 29.1 Å². The molecule has 0 radical (unpaired) electrons. The predicted molar refractivity (Wildman–Crippen MR) is 90.3 cm³/mol. The van der Waals surface area contributed by atoms with Crippen molar-refractivity contribution in [1.82, 2.24) is 4.90 Å². The molecule has 3 aliphatic heterocycles. The summed E-state index contributed by atoms with van der Waals surface area (Å²) in [5.41, 5.74) is 3.17. The van der Waals surface area contributed by atoms with Crippen molar-refractivity contribution in [3.05, 3.63) is 28.1 Å². The molecule has 0 aliphatic carbocycles. The lowest BCUT2D eigenvalue weighted by Crippen LogP contribution is -2.23. The average Bonchev–Trinajstić information content (AvgIpc) is 3.00. The molecule has 0 fully saturated rings. The zero-order chi connectivity index (χ0) is 12.8. The SMILES string of the molecule is Br.Clc1cc2c(c(C3=CSC4=NCCN34)c1)OCCN2. The van der Waals surface area contributed by atoms with Gasteiger partial charge in [-0.1, -0.05) is 23.4 Å². The molecule has 1 aromatic carbocycles. The van der Waals surface area contributed by atoms with E-state index in [2.05, 4.69) is 20.6 Å². The second-order valence-corrected chi connectivity index (χ2v) is 5.82. The van der Waals surface area contributed by atoms with Crippen LogP contribution in [0.2, 0.25) is 5.02 Å². The van der Waals surface area contributed by atoms with Crippen LogP contribution in [0, 0.1) is 0 Å². The van der Waals surface area contributed by atoms with Crippen LogP contribution in [0.5, 0.6) is 5.75 Å². The van der Waals surface area contributed by atoms with Crippen molar-refractivity contribution in [3.63, 3.8) is 0 Å². The second-order valence-electron chi connectivity index (χ2n) is 4.54. The van der Waals surface area contributed by atoms with Crippen LogP contribution < -0.4 is 10.1 Å². The van der Waals surface area contributed by atoms with Crippen LogP contribution in [0.25, 0.3) is 5.70 Å². The Bertz CT molecular complexity index is 620. The van der Waals surface area contributed by atoms with Crippen LogP contribution in [0.1, 0.15) is 5.56 Å². The Hall–Kier alpha value is -0.850. The summed E-state index contributed by atoms with van der Waals surface area (Å²) in [5.74, 6) is 0.899. The number of fused-ring (bicyclic) bond motifs is 2. The van der Waals surface area contributed by atoms with Gasteiger partial charge < -0.3 is 15.0 Å². The number of thioether (sulfide) groups is 1. The van der Waals surface area contributed by atoms with E-state index in [0.29, 0.717) is 6.61 Å². The lowest BCUT2D eigenvalue weighted by molar-refractivity contribution is 0.322. The van der Waals surface area contributed by atoms with E-state index in [9.17, 15) is 0 Å². The Morgan fingerprint density at radius 1 is 1.40 bits per heavy atom. The summed E-state index contributed by atoms with van der Waals surface area (Å²) in [6.45, 7) is 3.30. The smallest absolute Gasteiger partial charge is 0.168 e. The van der Waals surface area contributed by atoms with Gasteiger partial charge in [0.2, 0.25) is 0 Å². The van der Waals surface area contributed by atoms with Gasteiger partial charge in [0.1, 0.15) is 6.61 Å². The van der Waals surface area contributed by atoms with Crippen molar-refractivity contribution in [2.75, 3.05) is 31.6 Å². The van der Waals surface area contributed by atoms with Crippen molar-refractivity contribution in [1.29, 1.82) is 0 Å². The van der Waals surface area contributed by atoms with Gasteiger partial charge in [-0.3, -0.25) is 4.99 Å². The number of nitrogens with one attached hydrogen (secondary N) is 1. The molecule has 0 saturated heterocycles. The molecule has 1 aromatic rings. The largest absolute Gasteiger partial charge is 0.489 e. The first-order chi connectivity index (χ1) is 9.33. The molecule has 4 rings (SSSR count). The first-order valence-corrected chi connectivity index (χ1v) is 7.48. The van der Waals surface area contributed by atoms with Gasteiger partial charge in [-0.15, -0.1) is 17.0 Å². The van der Waals surface area contributed by atoms with Crippen LogP contribution in [-0.2, 0) is 0 Å². The third-order valence-corrected chi connectivity index (χ3v) is 4.48. The van der Waals surface area contributed by atoms with Gasteiger partial charge in [-0.25, -0.2) is 0 Å². The van der Waals surface area contributed by atoms with Crippen molar-refractivity contribution in [2.45, 2.75) is 0 Å². The molecular formula is C13H13BrClN3OS. The highest BCUT2D eigenvalue weighted by Gasteiger charge is 2.30.